The SMILES string of the molecule is CN=C(NCCc1nc(C)c(C)s1)NCC(c1ccc(OC)cc1)N(C)C. The number of aliphatic imine (C=N–C) groups is 1. The van der Waals surface area contributed by atoms with Gasteiger partial charge in [0.05, 0.1) is 23.9 Å². The molecule has 6 nitrogen and oxygen atoms in total. The smallest absolute Gasteiger partial charge is 0.191 e. The van der Waals surface area contributed by atoms with Crippen LogP contribution in [-0.2, 0) is 6.42 Å². The van der Waals surface area contributed by atoms with E-state index < -0.39 is 0 Å². The van der Waals surface area contributed by atoms with E-state index in [2.05, 4.69) is 65.6 Å². The fourth-order valence-corrected chi connectivity index (χ4v) is 3.71. The normalized spacial score (nSPS) is 12.9. The fourth-order valence-electron chi connectivity index (χ4n) is 2.77. The quantitative estimate of drug-likeness (QED) is 0.537. The Bertz CT molecular complexity index is 720. The van der Waals surface area contributed by atoms with Crippen molar-refractivity contribution in [3.05, 3.63) is 45.4 Å². The molecule has 0 spiro atoms. The first-order valence-electron chi connectivity index (χ1n) is 9.12. The van der Waals surface area contributed by atoms with Crippen molar-refractivity contribution in [2.45, 2.75) is 26.3 Å². The number of likely N-dealkylation sites (N-methyl/N-ethyl adjacent to an activating group) is 1. The van der Waals surface area contributed by atoms with Gasteiger partial charge >= 0.3 is 0 Å². The summed E-state index contributed by atoms with van der Waals surface area (Å²) in [6, 6.07) is 8.44. The maximum absolute atomic E-state index is 5.25. The maximum Gasteiger partial charge on any atom is 0.191 e. The number of thiazole rings is 1. The van der Waals surface area contributed by atoms with E-state index in [0.717, 1.165) is 41.9 Å². The first kappa shape index (κ1) is 21.2. The molecule has 0 aliphatic rings. The summed E-state index contributed by atoms with van der Waals surface area (Å²) in [7, 11) is 7.65. The Labute approximate surface area is 166 Å². The van der Waals surface area contributed by atoms with Gasteiger partial charge in [-0.2, -0.15) is 0 Å². The van der Waals surface area contributed by atoms with Gasteiger partial charge in [-0.05, 0) is 45.6 Å². The number of aromatic nitrogens is 1. The van der Waals surface area contributed by atoms with E-state index in [1.807, 2.05) is 12.1 Å². The second-order valence-corrected chi connectivity index (χ2v) is 7.92. The van der Waals surface area contributed by atoms with E-state index in [-0.39, 0.29) is 6.04 Å². The summed E-state index contributed by atoms with van der Waals surface area (Å²) in [6.45, 7) is 5.74. The van der Waals surface area contributed by atoms with Gasteiger partial charge in [0.2, 0.25) is 0 Å². The van der Waals surface area contributed by atoms with Crippen molar-refractivity contribution in [3.8, 4) is 5.75 Å². The van der Waals surface area contributed by atoms with Crippen LogP contribution >= 0.6 is 11.3 Å². The van der Waals surface area contributed by atoms with Crippen LogP contribution in [0.2, 0.25) is 0 Å². The highest BCUT2D eigenvalue weighted by Crippen LogP contribution is 2.20. The van der Waals surface area contributed by atoms with Crippen LogP contribution < -0.4 is 15.4 Å². The third kappa shape index (κ3) is 6.22. The van der Waals surface area contributed by atoms with Crippen molar-refractivity contribution in [3.63, 3.8) is 0 Å². The molecular formula is C20H31N5OS. The zero-order valence-corrected chi connectivity index (χ0v) is 18.0. The lowest BCUT2D eigenvalue weighted by Crippen LogP contribution is -2.42. The topological polar surface area (TPSA) is 61.8 Å². The lowest BCUT2D eigenvalue weighted by atomic mass is 10.1. The second kappa shape index (κ2) is 10.3. The van der Waals surface area contributed by atoms with Gasteiger partial charge in [0.25, 0.3) is 0 Å². The standard InChI is InChI=1S/C20H31N5OS/c1-14-15(2)27-19(24-14)11-12-22-20(21-3)23-13-18(25(4)5)16-7-9-17(26-6)10-8-16/h7-10,18H,11-13H2,1-6H3,(H2,21,22,23). The third-order valence-corrected chi connectivity index (χ3v) is 5.65. The van der Waals surface area contributed by atoms with E-state index in [0.29, 0.717) is 0 Å². The van der Waals surface area contributed by atoms with Crippen LogP contribution in [0.3, 0.4) is 0 Å². The van der Waals surface area contributed by atoms with Gasteiger partial charge in [0, 0.05) is 31.4 Å². The molecule has 1 unspecified atom stereocenters. The summed E-state index contributed by atoms with van der Waals surface area (Å²) in [6.07, 6.45) is 0.898. The minimum Gasteiger partial charge on any atom is -0.497 e. The number of hydrogen-bond donors (Lipinski definition) is 2. The molecule has 0 aliphatic carbocycles. The molecule has 0 radical (unpaired) electrons. The van der Waals surface area contributed by atoms with Crippen LogP contribution in [-0.4, -0.2) is 57.2 Å². The van der Waals surface area contributed by atoms with E-state index in [1.165, 1.54) is 10.4 Å². The molecule has 0 fully saturated rings. The molecule has 7 heteroatoms. The van der Waals surface area contributed by atoms with Crippen LogP contribution in [0.25, 0.3) is 0 Å². The second-order valence-electron chi connectivity index (χ2n) is 6.63. The Kier molecular flexibility index (Phi) is 8.06. The van der Waals surface area contributed by atoms with Crippen LogP contribution in [0.15, 0.2) is 29.3 Å². The molecule has 148 valence electrons. The van der Waals surface area contributed by atoms with Gasteiger partial charge in [-0.15, -0.1) is 11.3 Å². The largest absolute Gasteiger partial charge is 0.497 e. The van der Waals surface area contributed by atoms with Crippen molar-refractivity contribution >= 4 is 17.3 Å². The van der Waals surface area contributed by atoms with Crippen LogP contribution in [0, 0.1) is 13.8 Å². The zero-order chi connectivity index (χ0) is 19.8. The van der Waals surface area contributed by atoms with Crippen molar-refractivity contribution in [1.29, 1.82) is 0 Å². The predicted molar refractivity (Wildman–Crippen MR) is 114 cm³/mol. The first-order valence-corrected chi connectivity index (χ1v) is 9.94. The molecule has 1 heterocycles. The molecule has 0 amide bonds. The molecule has 0 saturated heterocycles. The first-order chi connectivity index (χ1) is 12.9. The van der Waals surface area contributed by atoms with Gasteiger partial charge in [-0.3, -0.25) is 4.99 Å². The molecule has 2 rings (SSSR count). The molecule has 0 aliphatic heterocycles. The predicted octanol–water partition coefficient (Wildman–Crippen LogP) is 2.78. The van der Waals surface area contributed by atoms with Crippen molar-refractivity contribution in [1.82, 2.24) is 20.5 Å². The van der Waals surface area contributed by atoms with Gasteiger partial charge in [-0.1, -0.05) is 12.1 Å². The van der Waals surface area contributed by atoms with Crippen molar-refractivity contribution in [2.24, 2.45) is 4.99 Å². The minimum atomic E-state index is 0.235. The van der Waals surface area contributed by atoms with E-state index in [1.54, 1.807) is 25.5 Å². The van der Waals surface area contributed by atoms with Crippen LogP contribution in [0.1, 0.15) is 27.2 Å². The van der Waals surface area contributed by atoms with Gasteiger partial charge in [0.15, 0.2) is 5.96 Å². The van der Waals surface area contributed by atoms with E-state index in [4.69, 9.17) is 4.74 Å². The molecule has 2 N–H and O–H groups in total. The summed E-state index contributed by atoms with van der Waals surface area (Å²) in [5.74, 6) is 1.68. The molecule has 2 aromatic rings. The monoisotopic (exact) mass is 389 g/mol. The minimum absolute atomic E-state index is 0.235. The molecule has 1 atom stereocenters. The van der Waals surface area contributed by atoms with Crippen molar-refractivity contribution in [2.75, 3.05) is 41.3 Å². The Balaban J connectivity index is 1.87. The lowest BCUT2D eigenvalue weighted by Gasteiger charge is -2.26. The summed E-state index contributed by atoms with van der Waals surface area (Å²) in [5, 5.41) is 7.97. The highest BCUT2D eigenvalue weighted by molar-refractivity contribution is 7.11. The Morgan fingerprint density at radius 3 is 2.44 bits per heavy atom. The fraction of sp³-hybridized carbons (Fsp3) is 0.500. The average molecular weight is 390 g/mol. The number of aryl methyl sites for hydroxylation is 2. The maximum atomic E-state index is 5.25. The van der Waals surface area contributed by atoms with Crippen molar-refractivity contribution < 1.29 is 4.74 Å². The molecule has 0 saturated carbocycles. The van der Waals surface area contributed by atoms with Crippen LogP contribution in [0.4, 0.5) is 0 Å². The lowest BCUT2D eigenvalue weighted by molar-refractivity contribution is 0.298. The number of ether oxygens (including phenoxy) is 1. The molecule has 0 bridgehead atoms. The summed E-state index contributed by atoms with van der Waals surface area (Å²) in [4.78, 5) is 12.4. The summed E-state index contributed by atoms with van der Waals surface area (Å²) < 4.78 is 5.25. The number of nitrogens with one attached hydrogen (secondary N) is 2. The number of methoxy groups -OCH3 is 1. The zero-order valence-electron chi connectivity index (χ0n) is 17.2. The van der Waals surface area contributed by atoms with Gasteiger partial charge < -0.3 is 20.3 Å². The highest BCUT2D eigenvalue weighted by atomic mass is 32.1. The molecular weight excluding hydrogens is 358 g/mol. The van der Waals surface area contributed by atoms with E-state index in [9.17, 15) is 0 Å². The Morgan fingerprint density at radius 2 is 1.93 bits per heavy atom. The third-order valence-electron chi connectivity index (χ3n) is 4.51. The Hall–Kier alpha value is -2.12. The molecule has 1 aromatic carbocycles. The van der Waals surface area contributed by atoms with Gasteiger partial charge in [0.1, 0.15) is 5.75 Å². The van der Waals surface area contributed by atoms with Crippen LogP contribution in [0.5, 0.6) is 5.75 Å². The number of hydrogen-bond acceptors (Lipinski definition) is 5. The average Bonchev–Trinajstić information content (AvgIpc) is 2.98. The highest BCUT2D eigenvalue weighted by Gasteiger charge is 2.15. The molecule has 1 aromatic heterocycles. The summed E-state index contributed by atoms with van der Waals surface area (Å²) >= 11 is 1.77. The summed E-state index contributed by atoms with van der Waals surface area (Å²) in [5.41, 5.74) is 2.36. The number of nitrogens with zero attached hydrogens (tertiary/aromatic N) is 3. The van der Waals surface area contributed by atoms with Gasteiger partial charge in [-0.25, -0.2) is 4.98 Å². The number of guanidine groups is 1. The number of rotatable bonds is 8. The Morgan fingerprint density at radius 1 is 1.22 bits per heavy atom. The number of benzene rings is 1. The molecule has 27 heavy (non-hydrogen) atoms. The van der Waals surface area contributed by atoms with E-state index >= 15 is 0 Å².